The molecular formula is C16H12BrF3O2S. The predicted octanol–water partition coefficient (Wildman–Crippen LogP) is 5.14. The maximum Gasteiger partial charge on any atom is 0.409 e. The SMILES string of the molecule is O=S(=O)(/C=C/c1ccc(Br)cc1)C(c1ccccc1)C(F)(F)F. The molecule has 0 saturated carbocycles. The largest absolute Gasteiger partial charge is 0.409 e. The van der Waals surface area contributed by atoms with E-state index >= 15 is 0 Å². The van der Waals surface area contributed by atoms with Crippen LogP contribution in [0.2, 0.25) is 0 Å². The van der Waals surface area contributed by atoms with E-state index in [1.54, 1.807) is 24.3 Å². The summed E-state index contributed by atoms with van der Waals surface area (Å²) in [5.41, 5.74) is 0.186. The quantitative estimate of drug-likeness (QED) is 0.706. The summed E-state index contributed by atoms with van der Waals surface area (Å²) in [6, 6.07) is 13.1. The highest BCUT2D eigenvalue weighted by Gasteiger charge is 2.48. The Kier molecular flexibility index (Phi) is 5.31. The summed E-state index contributed by atoms with van der Waals surface area (Å²) in [7, 11) is -4.56. The van der Waals surface area contributed by atoms with Crippen molar-refractivity contribution in [1.29, 1.82) is 0 Å². The highest BCUT2D eigenvalue weighted by Crippen LogP contribution is 2.40. The third kappa shape index (κ3) is 4.68. The maximum atomic E-state index is 13.3. The second kappa shape index (κ2) is 6.88. The first kappa shape index (κ1) is 17.7. The summed E-state index contributed by atoms with van der Waals surface area (Å²) < 4.78 is 65.0. The van der Waals surface area contributed by atoms with Crippen molar-refractivity contribution in [3.8, 4) is 0 Å². The summed E-state index contributed by atoms with van der Waals surface area (Å²) in [4.78, 5) is 0. The predicted molar refractivity (Wildman–Crippen MR) is 87.3 cm³/mol. The smallest absolute Gasteiger partial charge is 0.223 e. The van der Waals surface area contributed by atoms with Gasteiger partial charge in [0, 0.05) is 9.88 Å². The lowest BCUT2D eigenvalue weighted by Crippen LogP contribution is -2.27. The Morgan fingerprint density at radius 3 is 2.04 bits per heavy atom. The van der Waals surface area contributed by atoms with Crippen LogP contribution in [0.3, 0.4) is 0 Å². The van der Waals surface area contributed by atoms with Crippen LogP contribution < -0.4 is 0 Å². The molecular weight excluding hydrogens is 393 g/mol. The standard InChI is InChI=1S/C16H12BrF3O2S/c17-14-8-6-12(7-9-14)10-11-23(21,22)15(16(18,19)20)13-4-2-1-3-5-13/h1-11,15H/b11-10+. The van der Waals surface area contributed by atoms with E-state index in [9.17, 15) is 21.6 Å². The van der Waals surface area contributed by atoms with Gasteiger partial charge in [0.1, 0.15) is 0 Å². The van der Waals surface area contributed by atoms with E-state index in [0.717, 1.165) is 22.7 Å². The Morgan fingerprint density at radius 2 is 1.52 bits per heavy atom. The van der Waals surface area contributed by atoms with E-state index in [1.807, 2.05) is 0 Å². The molecule has 0 bridgehead atoms. The number of rotatable bonds is 4. The van der Waals surface area contributed by atoms with Crippen molar-refractivity contribution in [2.75, 3.05) is 0 Å². The molecule has 0 heterocycles. The van der Waals surface area contributed by atoms with Gasteiger partial charge < -0.3 is 0 Å². The third-order valence-electron chi connectivity index (χ3n) is 3.05. The summed E-state index contributed by atoms with van der Waals surface area (Å²) in [5.74, 6) is 0. The molecule has 0 saturated heterocycles. The molecule has 2 aromatic rings. The van der Waals surface area contributed by atoms with Crippen molar-refractivity contribution in [3.05, 3.63) is 75.6 Å². The monoisotopic (exact) mass is 404 g/mol. The summed E-state index contributed by atoms with van der Waals surface area (Å²) in [6.45, 7) is 0. The minimum absolute atomic E-state index is 0.305. The average Bonchev–Trinajstić information content (AvgIpc) is 2.46. The van der Waals surface area contributed by atoms with Gasteiger partial charge in [-0.05, 0) is 29.3 Å². The molecule has 1 unspecified atom stereocenters. The molecule has 0 N–H and O–H groups in total. The van der Waals surface area contributed by atoms with Gasteiger partial charge in [-0.25, -0.2) is 8.42 Å². The molecule has 2 rings (SSSR count). The van der Waals surface area contributed by atoms with Gasteiger partial charge in [-0.15, -0.1) is 0 Å². The van der Waals surface area contributed by atoms with Crippen molar-refractivity contribution in [2.45, 2.75) is 11.4 Å². The van der Waals surface area contributed by atoms with E-state index in [4.69, 9.17) is 0 Å². The van der Waals surface area contributed by atoms with E-state index < -0.39 is 21.3 Å². The zero-order valence-electron chi connectivity index (χ0n) is 11.7. The Morgan fingerprint density at radius 1 is 0.957 bits per heavy atom. The number of benzene rings is 2. The fourth-order valence-electron chi connectivity index (χ4n) is 2.02. The summed E-state index contributed by atoms with van der Waals surface area (Å²) in [5, 5.41) is -1.97. The van der Waals surface area contributed by atoms with Crippen LogP contribution in [0.4, 0.5) is 13.2 Å². The summed E-state index contributed by atoms with van der Waals surface area (Å²) >= 11 is 3.22. The Labute approximate surface area is 140 Å². The van der Waals surface area contributed by atoms with Gasteiger partial charge in [0.05, 0.1) is 0 Å². The van der Waals surface area contributed by atoms with Crippen LogP contribution in [0.25, 0.3) is 6.08 Å². The number of halogens is 4. The van der Waals surface area contributed by atoms with Crippen LogP contribution >= 0.6 is 15.9 Å². The normalized spacial score (nSPS) is 14.1. The van der Waals surface area contributed by atoms with E-state index in [0.29, 0.717) is 11.0 Å². The van der Waals surface area contributed by atoms with E-state index in [-0.39, 0.29) is 5.56 Å². The second-order valence-corrected chi connectivity index (χ2v) is 7.61. The highest BCUT2D eigenvalue weighted by molar-refractivity contribution is 9.10. The lowest BCUT2D eigenvalue weighted by molar-refractivity contribution is -0.131. The van der Waals surface area contributed by atoms with Crippen molar-refractivity contribution in [1.82, 2.24) is 0 Å². The molecule has 2 nitrogen and oxygen atoms in total. The lowest BCUT2D eigenvalue weighted by atomic mass is 10.1. The third-order valence-corrected chi connectivity index (χ3v) is 5.29. The van der Waals surface area contributed by atoms with Gasteiger partial charge in [-0.2, -0.15) is 13.2 Å². The first-order valence-electron chi connectivity index (χ1n) is 6.49. The minimum atomic E-state index is -4.90. The van der Waals surface area contributed by atoms with Gasteiger partial charge in [0.25, 0.3) is 0 Å². The molecule has 2 aromatic carbocycles. The van der Waals surface area contributed by atoms with Gasteiger partial charge in [-0.1, -0.05) is 58.4 Å². The molecule has 0 fully saturated rings. The van der Waals surface area contributed by atoms with Gasteiger partial charge in [0.15, 0.2) is 15.1 Å². The molecule has 0 aliphatic heterocycles. The van der Waals surface area contributed by atoms with Crippen LogP contribution in [0.15, 0.2) is 64.5 Å². The lowest BCUT2D eigenvalue weighted by Gasteiger charge is -2.19. The Bertz CT molecular complexity index is 782. The van der Waals surface area contributed by atoms with E-state index in [2.05, 4.69) is 15.9 Å². The summed E-state index contributed by atoms with van der Waals surface area (Å²) in [6.07, 6.45) is -3.74. The Hall–Kier alpha value is -1.60. The van der Waals surface area contributed by atoms with Crippen molar-refractivity contribution >= 4 is 31.8 Å². The van der Waals surface area contributed by atoms with Crippen LogP contribution in [0.5, 0.6) is 0 Å². The molecule has 122 valence electrons. The molecule has 1 atom stereocenters. The van der Waals surface area contributed by atoms with Crippen molar-refractivity contribution in [2.24, 2.45) is 0 Å². The highest BCUT2D eigenvalue weighted by atomic mass is 79.9. The second-order valence-electron chi connectivity index (χ2n) is 4.78. The van der Waals surface area contributed by atoms with Crippen LogP contribution in [-0.2, 0) is 9.84 Å². The molecule has 0 spiro atoms. The van der Waals surface area contributed by atoms with Crippen molar-refractivity contribution in [3.63, 3.8) is 0 Å². The molecule has 7 heteroatoms. The molecule has 0 radical (unpaired) electrons. The van der Waals surface area contributed by atoms with Crippen molar-refractivity contribution < 1.29 is 21.6 Å². The molecule has 0 aliphatic carbocycles. The average molecular weight is 405 g/mol. The fraction of sp³-hybridized carbons (Fsp3) is 0.125. The zero-order valence-corrected chi connectivity index (χ0v) is 14.1. The maximum absolute atomic E-state index is 13.3. The molecule has 0 amide bonds. The fourth-order valence-corrected chi connectivity index (χ4v) is 3.70. The van der Waals surface area contributed by atoms with Crippen LogP contribution in [0, 0.1) is 0 Å². The van der Waals surface area contributed by atoms with E-state index in [1.165, 1.54) is 18.2 Å². The van der Waals surface area contributed by atoms with Gasteiger partial charge in [0.2, 0.25) is 0 Å². The zero-order chi connectivity index (χ0) is 17.1. The first-order chi connectivity index (χ1) is 10.7. The number of sulfone groups is 1. The molecule has 0 aliphatic rings. The number of hydrogen-bond acceptors (Lipinski definition) is 2. The van der Waals surface area contributed by atoms with Crippen LogP contribution in [-0.4, -0.2) is 14.6 Å². The topological polar surface area (TPSA) is 34.1 Å². The molecule has 0 aromatic heterocycles. The Balaban J connectivity index is 2.39. The van der Waals surface area contributed by atoms with Crippen LogP contribution in [0.1, 0.15) is 16.4 Å². The first-order valence-corrected chi connectivity index (χ1v) is 8.89. The number of alkyl halides is 3. The van der Waals surface area contributed by atoms with Gasteiger partial charge >= 0.3 is 6.18 Å². The number of hydrogen-bond donors (Lipinski definition) is 0. The minimum Gasteiger partial charge on any atom is -0.223 e. The van der Waals surface area contributed by atoms with Gasteiger partial charge in [-0.3, -0.25) is 0 Å². The molecule has 23 heavy (non-hydrogen) atoms.